The molecule has 5 nitrogen and oxygen atoms in total. The molecule has 2 bridgehead atoms. The number of thioether (sulfide) groups is 1. The molecule has 0 aliphatic heterocycles. The standard InChI is InChI=1S/C25H31O5PS4/c26-10-14-2-1-3-15(8-14)35-11-18(28)30-17-9-24(33,13-32)19(29)20(31)23-5-4-16(27)22(12-23)6-7-25(17,34)21(22)23/h1-3,8,13,17,19-21,26,29,33-34H,4-7,9-12,31H2/t17-,19?,20+,21?,22?,23?,24-,25-/m1/s1. The van der Waals surface area contributed by atoms with Gasteiger partial charge in [0.1, 0.15) is 11.9 Å². The van der Waals surface area contributed by atoms with Gasteiger partial charge in [-0.1, -0.05) is 24.4 Å². The van der Waals surface area contributed by atoms with Crippen molar-refractivity contribution >= 4 is 75.6 Å². The van der Waals surface area contributed by atoms with E-state index >= 15 is 0 Å². The SMILES string of the molecule is O=C(CSc1cccc(CO)c1)O[C@@H]1C[C@@](S)(C=S)C(O)[C@H](P)C23CCC(=O)C4(CC[C@]1(S)C42)C3. The van der Waals surface area contributed by atoms with Gasteiger partial charge in [0.15, 0.2) is 0 Å². The summed E-state index contributed by atoms with van der Waals surface area (Å²) in [6, 6.07) is 7.40. The van der Waals surface area contributed by atoms with E-state index in [0.29, 0.717) is 25.0 Å². The van der Waals surface area contributed by atoms with Crippen LogP contribution in [0.1, 0.15) is 44.1 Å². The van der Waals surface area contributed by atoms with Crippen LogP contribution in [-0.2, 0) is 20.9 Å². The van der Waals surface area contributed by atoms with Crippen LogP contribution in [0.3, 0.4) is 0 Å². The van der Waals surface area contributed by atoms with Gasteiger partial charge in [0, 0.05) is 28.8 Å². The van der Waals surface area contributed by atoms with Gasteiger partial charge in [-0.3, -0.25) is 9.59 Å². The van der Waals surface area contributed by atoms with Crippen molar-refractivity contribution in [3.05, 3.63) is 29.8 Å². The predicted molar refractivity (Wildman–Crippen MR) is 151 cm³/mol. The van der Waals surface area contributed by atoms with Crippen molar-refractivity contribution in [3.63, 3.8) is 0 Å². The van der Waals surface area contributed by atoms with Crippen molar-refractivity contribution in [2.75, 3.05) is 5.75 Å². The number of aliphatic hydroxyl groups excluding tert-OH is 2. The van der Waals surface area contributed by atoms with Gasteiger partial charge in [0.25, 0.3) is 0 Å². The molecule has 1 aromatic carbocycles. The summed E-state index contributed by atoms with van der Waals surface area (Å²) >= 11 is 16.8. The van der Waals surface area contributed by atoms with Gasteiger partial charge in [0.2, 0.25) is 0 Å². The molecule has 1 aromatic rings. The first kappa shape index (κ1) is 26.5. The third-order valence-corrected chi connectivity index (χ3v) is 13.1. The third kappa shape index (κ3) is 3.90. The number of hydrogen-bond acceptors (Lipinski definition) is 9. The van der Waals surface area contributed by atoms with Crippen LogP contribution in [0.5, 0.6) is 0 Å². The van der Waals surface area contributed by atoms with Gasteiger partial charge in [0.05, 0.1) is 28.0 Å². The fourth-order valence-electron chi connectivity index (χ4n) is 7.59. The average molecular weight is 571 g/mol. The van der Waals surface area contributed by atoms with Crippen molar-refractivity contribution in [1.29, 1.82) is 0 Å². The zero-order valence-corrected chi connectivity index (χ0v) is 23.8. The number of thiol groups is 2. The Balaban J connectivity index is 1.44. The zero-order chi connectivity index (χ0) is 25.2. The number of rotatable bonds is 6. The second kappa shape index (κ2) is 9.25. The summed E-state index contributed by atoms with van der Waals surface area (Å²) in [6.07, 6.45) is 2.13. The highest BCUT2D eigenvalue weighted by molar-refractivity contribution is 8.00. The fourth-order valence-corrected chi connectivity index (χ4v) is 10.7. The number of hydrogen-bond donors (Lipinski definition) is 4. The summed E-state index contributed by atoms with van der Waals surface area (Å²) in [5, 5.41) is 22.3. The summed E-state index contributed by atoms with van der Waals surface area (Å²) in [4.78, 5) is 27.1. The van der Waals surface area contributed by atoms with Gasteiger partial charge >= 0.3 is 5.97 Å². The summed E-state index contributed by atoms with van der Waals surface area (Å²) in [6.45, 7) is -0.0622. The maximum Gasteiger partial charge on any atom is 0.316 e. The first-order valence-corrected chi connectivity index (χ1v) is 15.0. The molecule has 0 aromatic heterocycles. The van der Waals surface area contributed by atoms with Gasteiger partial charge in [-0.25, -0.2) is 0 Å². The molecular weight excluding hydrogens is 540 g/mol. The molecule has 4 aliphatic rings. The fraction of sp³-hybridized carbons (Fsp3) is 0.640. The van der Waals surface area contributed by atoms with E-state index in [4.69, 9.17) is 42.2 Å². The number of Topliss-reactive ketones (excluding diaryl/α,β-unsaturated/α-hetero) is 1. The molecule has 10 heteroatoms. The number of aliphatic hydroxyl groups is 2. The van der Waals surface area contributed by atoms with Crippen LogP contribution in [0.4, 0.5) is 0 Å². The van der Waals surface area contributed by atoms with Crippen LogP contribution in [0.2, 0.25) is 0 Å². The lowest BCUT2D eigenvalue weighted by Crippen LogP contribution is -2.74. The molecule has 4 fully saturated rings. The topological polar surface area (TPSA) is 83.8 Å². The van der Waals surface area contributed by atoms with E-state index in [1.807, 2.05) is 24.3 Å². The molecule has 190 valence electrons. The van der Waals surface area contributed by atoms with Crippen molar-refractivity contribution in [2.24, 2.45) is 16.7 Å². The number of ether oxygens (including phenoxy) is 1. The molecule has 0 saturated heterocycles. The van der Waals surface area contributed by atoms with E-state index in [0.717, 1.165) is 23.3 Å². The monoisotopic (exact) mass is 570 g/mol. The number of thiocarbonyl (C=S) groups is 1. The number of benzene rings is 1. The Hall–Kier alpha value is -0.150. The summed E-state index contributed by atoms with van der Waals surface area (Å²) < 4.78 is 4.41. The maximum absolute atomic E-state index is 13.1. The second-order valence-electron chi connectivity index (χ2n) is 10.8. The maximum atomic E-state index is 13.1. The largest absolute Gasteiger partial charge is 0.460 e. The first-order valence-electron chi connectivity index (χ1n) is 11.9. The minimum absolute atomic E-state index is 0.0565. The quantitative estimate of drug-likeness (QED) is 0.137. The Labute approximate surface area is 228 Å². The van der Waals surface area contributed by atoms with Crippen molar-refractivity contribution in [3.8, 4) is 0 Å². The molecule has 0 heterocycles. The minimum Gasteiger partial charge on any atom is -0.460 e. The Bertz CT molecular complexity index is 1070. The smallest absolute Gasteiger partial charge is 0.316 e. The summed E-state index contributed by atoms with van der Waals surface area (Å²) in [5.74, 6) is -0.0461. The van der Waals surface area contributed by atoms with Crippen LogP contribution in [0.15, 0.2) is 29.2 Å². The first-order chi connectivity index (χ1) is 16.5. The van der Waals surface area contributed by atoms with Gasteiger partial charge in [-0.15, -0.1) is 21.0 Å². The van der Waals surface area contributed by atoms with E-state index in [-0.39, 0.29) is 41.7 Å². The highest BCUT2D eigenvalue weighted by atomic mass is 32.2. The van der Waals surface area contributed by atoms with Crippen molar-refractivity contribution < 1.29 is 24.5 Å². The number of carbonyl (C=O) groups is 2. The average Bonchev–Trinajstić information content (AvgIpc) is 3.10. The normalized spacial score (nSPS) is 44.0. The number of esters is 1. The molecule has 0 amide bonds. The molecule has 35 heavy (non-hydrogen) atoms. The van der Waals surface area contributed by atoms with Gasteiger partial charge in [-0.2, -0.15) is 25.3 Å². The Kier molecular flexibility index (Phi) is 6.99. The van der Waals surface area contributed by atoms with Crippen molar-refractivity contribution in [1.82, 2.24) is 0 Å². The van der Waals surface area contributed by atoms with E-state index in [1.165, 1.54) is 17.1 Å². The predicted octanol–water partition coefficient (Wildman–Crippen LogP) is 3.68. The van der Waals surface area contributed by atoms with Crippen LogP contribution in [0, 0.1) is 16.7 Å². The van der Waals surface area contributed by atoms with Crippen LogP contribution < -0.4 is 0 Å². The van der Waals surface area contributed by atoms with Crippen molar-refractivity contribution in [2.45, 2.75) is 77.4 Å². The third-order valence-electron chi connectivity index (χ3n) is 9.12. The van der Waals surface area contributed by atoms with E-state index in [2.05, 4.69) is 9.24 Å². The summed E-state index contributed by atoms with van der Waals surface area (Å²) in [7, 11) is 2.84. The van der Waals surface area contributed by atoms with E-state index in [1.54, 1.807) is 0 Å². The van der Waals surface area contributed by atoms with E-state index < -0.39 is 27.1 Å². The molecular formula is C25H31O5PS4. The number of carbonyl (C=O) groups excluding carboxylic acids is 2. The Morgan fingerprint density at radius 1 is 1.31 bits per heavy atom. The number of ketones is 1. The highest BCUT2D eigenvalue weighted by Gasteiger charge is 2.80. The molecule has 5 unspecified atom stereocenters. The summed E-state index contributed by atoms with van der Waals surface area (Å²) in [5.41, 5.74) is -0.0941. The zero-order valence-electron chi connectivity index (χ0n) is 19.3. The Morgan fingerprint density at radius 2 is 2.09 bits per heavy atom. The van der Waals surface area contributed by atoms with Gasteiger partial charge in [-0.05, 0) is 60.1 Å². The molecule has 4 aliphatic carbocycles. The molecule has 4 saturated carbocycles. The Morgan fingerprint density at radius 3 is 2.80 bits per heavy atom. The van der Waals surface area contributed by atoms with Crippen LogP contribution in [-0.4, -0.2) is 60.4 Å². The molecule has 9 atom stereocenters. The molecule has 5 rings (SSSR count). The van der Waals surface area contributed by atoms with E-state index in [9.17, 15) is 19.8 Å². The van der Waals surface area contributed by atoms with Crippen LogP contribution in [0.25, 0.3) is 0 Å². The molecule has 2 N–H and O–H groups in total. The lowest BCUT2D eigenvalue weighted by molar-refractivity contribution is -0.198. The lowest BCUT2D eigenvalue weighted by atomic mass is 9.36. The molecule has 0 spiro atoms. The molecule has 0 radical (unpaired) electrons. The van der Waals surface area contributed by atoms with Crippen LogP contribution >= 0.6 is 58.5 Å². The minimum atomic E-state index is -1.03. The lowest BCUT2D eigenvalue weighted by Gasteiger charge is -2.71. The second-order valence-corrected chi connectivity index (χ2v) is 14.4. The van der Waals surface area contributed by atoms with Gasteiger partial charge < -0.3 is 14.9 Å². The highest BCUT2D eigenvalue weighted by Crippen LogP contribution is 2.80.